The van der Waals surface area contributed by atoms with Crippen molar-refractivity contribution in [3.63, 3.8) is 0 Å². The Morgan fingerprint density at radius 3 is 2.74 bits per heavy atom. The quantitative estimate of drug-likeness (QED) is 0.396. The van der Waals surface area contributed by atoms with Gasteiger partial charge in [-0.2, -0.15) is 0 Å². The van der Waals surface area contributed by atoms with Crippen molar-refractivity contribution in [3.05, 3.63) is 46.3 Å². The molecule has 1 amide bonds. The van der Waals surface area contributed by atoms with Crippen LogP contribution >= 0.6 is 22.7 Å². The summed E-state index contributed by atoms with van der Waals surface area (Å²) in [4.78, 5) is 17.0. The summed E-state index contributed by atoms with van der Waals surface area (Å²) in [6.45, 7) is 5.18. The summed E-state index contributed by atoms with van der Waals surface area (Å²) in [6.07, 6.45) is 0. The molecular formula is C21H21N3O4S3. The second-order valence-corrected chi connectivity index (χ2v) is 11.2. The van der Waals surface area contributed by atoms with Gasteiger partial charge < -0.3 is 10.1 Å². The molecular weight excluding hydrogens is 454 g/mol. The molecule has 2 N–H and O–H groups in total. The molecule has 0 saturated carbocycles. The molecule has 0 radical (unpaired) electrons. The van der Waals surface area contributed by atoms with Gasteiger partial charge in [0.2, 0.25) is 10.0 Å². The van der Waals surface area contributed by atoms with Gasteiger partial charge in [-0.05, 0) is 56.0 Å². The molecule has 2 aromatic carbocycles. The number of thiophene rings is 1. The molecule has 0 aliphatic rings. The fourth-order valence-corrected chi connectivity index (χ4v) is 5.68. The van der Waals surface area contributed by atoms with Crippen LogP contribution in [0, 0.1) is 13.8 Å². The maximum absolute atomic E-state index is 12.4. The van der Waals surface area contributed by atoms with Crippen molar-refractivity contribution >= 4 is 70.3 Å². The highest BCUT2D eigenvalue weighted by molar-refractivity contribution is 7.92. The zero-order valence-corrected chi connectivity index (χ0v) is 19.6. The molecule has 0 atom stereocenters. The van der Waals surface area contributed by atoms with Gasteiger partial charge in [0.15, 0.2) is 6.61 Å². The van der Waals surface area contributed by atoms with Gasteiger partial charge in [-0.3, -0.25) is 9.52 Å². The Morgan fingerprint density at radius 1 is 1.19 bits per heavy atom. The minimum atomic E-state index is -3.36. The third-order valence-corrected chi connectivity index (χ3v) is 7.81. The van der Waals surface area contributed by atoms with Gasteiger partial charge >= 0.3 is 0 Å². The summed E-state index contributed by atoms with van der Waals surface area (Å²) in [5.41, 5.74) is 2.74. The van der Waals surface area contributed by atoms with E-state index in [0.29, 0.717) is 22.7 Å². The van der Waals surface area contributed by atoms with Crippen LogP contribution in [-0.2, 0) is 14.8 Å². The van der Waals surface area contributed by atoms with E-state index in [1.165, 1.54) is 0 Å². The van der Waals surface area contributed by atoms with Crippen LogP contribution in [0.15, 0.2) is 35.7 Å². The maximum Gasteiger partial charge on any atom is 0.262 e. The van der Waals surface area contributed by atoms with Crippen LogP contribution in [0.25, 0.3) is 20.3 Å². The number of nitrogens with zero attached hydrogens (tertiary/aromatic N) is 1. The third kappa shape index (κ3) is 4.65. The van der Waals surface area contributed by atoms with Crippen LogP contribution in [0.3, 0.4) is 0 Å². The number of amides is 1. The van der Waals surface area contributed by atoms with E-state index in [1.54, 1.807) is 54.7 Å². The predicted octanol–water partition coefficient (Wildman–Crippen LogP) is 4.91. The number of aryl methyl sites for hydroxylation is 2. The lowest BCUT2D eigenvalue weighted by Crippen LogP contribution is -2.20. The monoisotopic (exact) mass is 475 g/mol. The molecule has 0 bridgehead atoms. The van der Waals surface area contributed by atoms with Gasteiger partial charge in [0.05, 0.1) is 31.4 Å². The lowest BCUT2D eigenvalue weighted by Gasteiger charge is -2.12. The van der Waals surface area contributed by atoms with Gasteiger partial charge in [0, 0.05) is 17.1 Å². The molecule has 0 aliphatic heterocycles. The van der Waals surface area contributed by atoms with Crippen LogP contribution in [0.1, 0.15) is 17.5 Å². The highest BCUT2D eigenvalue weighted by Crippen LogP contribution is 2.38. The lowest BCUT2D eigenvalue weighted by atomic mass is 10.2. The van der Waals surface area contributed by atoms with E-state index in [-0.39, 0.29) is 18.3 Å². The fraction of sp³-hybridized carbons (Fsp3) is 0.238. The van der Waals surface area contributed by atoms with Crippen molar-refractivity contribution in [3.8, 4) is 5.75 Å². The number of ether oxygens (including phenoxy) is 1. The summed E-state index contributed by atoms with van der Waals surface area (Å²) in [5.74, 6) is 0.348. The number of fused-ring (bicyclic) bond motifs is 3. The minimum absolute atomic E-state index is 0.00738. The number of thiazole rings is 1. The minimum Gasteiger partial charge on any atom is -0.483 e. The van der Waals surface area contributed by atoms with Crippen LogP contribution in [0.2, 0.25) is 0 Å². The van der Waals surface area contributed by atoms with Crippen molar-refractivity contribution < 1.29 is 17.9 Å². The van der Waals surface area contributed by atoms with E-state index in [2.05, 4.69) is 15.0 Å². The predicted molar refractivity (Wildman–Crippen MR) is 128 cm³/mol. The highest BCUT2D eigenvalue weighted by Gasteiger charge is 2.14. The van der Waals surface area contributed by atoms with Crippen molar-refractivity contribution in [2.24, 2.45) is 0 Å². The molecule has 4 aromatic rings. The smallest absolute Gasteiger partial charge is 0.262 e. The Hall–Kier alpha value is -2.69. The number of aromatic nitrogens is 1. The van der Waals surface area contributed by atoms with Crippen molar-refractivity contribution in [2.75, 3.05) is 22.4 Å². The van der Waals surface area contributed by atoms with E-state index in [1.807, 2.05) is 24.4 Å². The van der Waals surface area contributed by atoms with Crippen molar-refractivity contribution in [1.29, 1.82) is 0 Å². The molecule has 0 fully saturated rings. The number of sulfonamides is 1. The topological polar surface area (TPSA) is 97.4 Å². The largest absolute Gasteiger partial charge is 0.483 e. The molecule has 0 spiro atoms. The number of carbonyl (C=O) groups is 1. The standard InChI is InChI=1S/C21H21N3O4S3/c1-4-31(26,27)24-16-6-5-14(9-12(16)2)23-19(25)11-28-17-10-18-20(22-13(3)30-18)21-15(17)7-8-29-21/h5-10,24H,4,11H2,1-3H3,(H,23,25). The van der Waals surface area contributed by atoms with E-state index in [4.69, 9.17) is 4.74 Å². The fourth-order valence-electron chi connectivity index (χ4n) is 3.14. The first-order valence-electron chi connectivity index (χ1n) is 9.57. The number of benzene rings is 2. The molecule has 0 aliphatic carbocycles. The van der Waals surface area contributed by atoms with E-state index in [0.717, 1.165) is 25.3 Å². The zero-order chi connectivity index (χ0) is 22.2. The first kappa shape index (κ1) is 21.5. The number of rotatable bonds is 7. The molecule has 31 heavy (non-hydrogen) atoms. The average molecular weight is 476 g/mol. The van der Waals surface area contributed by atoms with Gasteiger partial charge in [0.1, 0.15) is 5.75 Å². The van der Waals surface area contributed by atoms with Gasteiger partial charge in [-0.15, -0.1) is 22.7 Å². The van der Waals surface area contributed by atoms with Crippen LogP contribution < -0.4 is 14.8 Å². The zero-order valence-electron chi connectivity index (χ0n) is 17.2. The first-order valence-corrected chi connectivity index (χ1v) is 12.9. The van der Waals surface area contributed by atoms with Gasteiger partial charge in [-0.1, -0.05) is 0 Å². The van der Waals surface area contributed by atoms with E-state index in [9.17, 15) is 13.2 Å². The second-order valence-electron chi connectivity index (χ2n) is 6.99. The molecule has 2 heterocycles. The van der Waals surface area contributed by atoms with Crippen molar-refractivity contribution in [2.45, 2.75) is 20.8 Å². The summed E-state index contributed by atoms with van der Waals surface area (Å²) < 4.78 is 34.0. The third-order valence-electron chi connectivity index (χ3n) is 4.68. The number of hydrogen-bond acceptors (Lipinski definition) is 7. The number of hydrogen-bond donors (Lipinski definition) is 2. The lowest BCUT2D eigenvalue weighted by molar-refractivity contribution is -0.118. The summed E-state index contributed by atoms with van der Waals surface area (Å²) in [5, 5.41) is 6.71. The SMILES string of the molecule is CCS(=O)(=O)Nc1ccc(NC(=O)COc2cc3sc(C)nc3c3sccc23)cc1C. The Bertz CT molecular complexity index is 1390. The Labute approximate surface area is 188 Å². The van der Waals surface area contributed by atoms with Crippen LogP contribution in [0.4, 0.5) is 11.4 Å². The molecule has 4 rings (SSSR count). The molecule has 7 nitrogen and oxygen atoms in total. The maximum atomic E-state index is 12.4. The molecule has 2 aromatic heterocycles. The summed E-state index contributed by atoms with van der Waals surface area (Å²) in [7, 11) is -3.36. The molecule has 0 saturated heterocycles. The Morgan fingerprint density at radius 2 is 2.00 bits per heavy atom. The normalized spacial score (nSPS) is 11.7. The van der Waals surface area contributed by atoms with E-state index < -0.39 is 10.0 Å². The first-order chi connectivity index (χ1) is 14.8. The van der Waals surface area contributed by atoms with Crippen molar-refractivity contribution in [1.82, 2.24) is 4.98 Å². The summed E-state index contributed by atoms with van der Waals surface area (Å²) >= 11 is 3.20. The molecule has 0 unspecified atom stereocenters. The molecule has 10 heteroatoms. The Balaban J connectivity index is 1.46. The molecule has 162 valence electrons. The van der Waals surface area contributed by atoms with Gasteiger partial charge in [-0.25, -0.2) is 13.4 Å². The van der Waals surface area contributed by atoms with E-state index >= 15 is 0 Å². The highest BCUT2D eigenvalue weighted by atomic mass is 32.2. The second kappa shape index (κ2) is 8.45. The Kier molecular flexibility index (Phi) is 5.87. The number of carbonyl (C=O) groups excluding carboxylic acids is 1. The number of anilines is 2. The van der Waals surface area contributed by atoms with Crippen LogP contribution in [-0.4, -0.2) is 31.7 Å². The summed E-state index contributed by atoms with van der Waals surface area (Å²) in [6, 6.07) is 8.91. The number of nitrogens with one attached hydrogen (secondary N) is 2. The average Bonchev–Trinajstić information content (AvgIpc) is 3.34. The van der Waals surface area contributed by atoms with Crippen LogP contribution in [0.5, 0.6) is 5.75 Å². The van der Waals surface area contributed by atoms with Gasteiger partial charge in [0.25, 0.3) is 5.91 Å².